The molecule has 0 spiro atoms. The van der Waals surface area contributed by atoms with Crippen molar-refractivity contribution in [3.8, 4) is 5.69 Å². The van der Waals surface area contributed by atoms with E-state index in [-0.39, 0.29) is 6.04 Å². The third-order valence-electron chi connectivity index (χ3n) is 5.00. The summed E-state index contributed by atoms with van der Waals surface area (Å²) in [5, 5.41) is 23.8. The Morgan fingerprint density at radius 3 is 2.45 bits per heavy atom. The molecule has 0 aliphatic heterocycles. The predicted molar refractivity (Wildman–Crippen MR) is 118 cm³/mol. The molecule has 1 aromatic heterocycles. The van der Waals surface area contributed by atoms with E-state index in [1.807, 2.05) is 54.0 Å². The van der Waals surface area contributed by atoms with E-state index < -0.39 is 6.10 Å². The number of rotatable bonds is 10. The first-order valence-electron chi connectivity index (χ1n) is 10.3. The number of aromatic nitrogens is 3. The van der Waals surface area contributed by atoms with Crippen molar-refractivity contribution >= 4 is 11.6 Å². The molecular formula is C23H29ClN4O. The second kappa shape index (κ2) is 10.5. The molecule has 0 aliphatic rings. The number of hydrogen-bond donors (Lipinski definition) is 2. The van der Waals surface area contributed by atoms with Crippen molar-refractivity contribution in [2.75, 3.05) is 6.54 Å². The molecule has 2 unspecified atom stereocenters. The van der Waals surface area contributed by atoms with Gasteiger partial charge < -0.3 is 10.4 Å². The monoisotopic (exact) mass is 412 g/mol. The van der Waals surface area contributed by atoms with Gasteiger partial charge in [0.2, 0.25) is 0 Å². The van der Waals surface area contributed by atoms with Crippen LogP contribution < -0.4 is 5.32 Å². The average molecular weight is 413 g/mol. The van der Waals surface area contributed by atoms with E-state index >= 15 is 0 Å². The fraction of sp³-hybridized carbons (Fsp3) is 0.391. The molecular weight excluding hydrogens is 384 g/mol. The van der Waals surface area contributed by atoms with Crippen LogP contribution in [0.1, 0.15) is 50.0 Å². The lowest BCUT2D eigenvalue weighted by molar-refractivity contribution is 0.125. The largest absolute Gasteiger partial charge is 0.383 e. The van der Waals surface area contributed by atoms with Crippen LogP contribution in [-0.2, 0) is 12.8 Å². The normalized spacial score (nSPS) is 13.4. The SMILES string of the molecule is CCCc1nnc(C(O)C(C)NCCCc2ccc(Cl)cc2)n1-c1ccccc1. The fourth-order valence-corrected chi connectivity index (χ4v) is 3.50. The molecule has 2 atom stereocenters. The van der Waals surface area contributed by atoms with Crippen molar-refractivity contribution in [2.45, 2.75) is 51.7 Å². The smallest absolute Gasteiger partial charge is 0.168 e. The van der Waals surface area contributed by atoms with E-state index in [1.54, 1.807) is 0 Å². The van der Waals surface area contributed by atoms with Crippen LogP contribution in [0.15, 0.2) is 54.6 Å². The zero-order chi connectivity index (χ0) is 20.6. The first-order chi connectivity index (χ1) is 14.1. The summed E-state index contributed by atoms with van der Waals surface area (Å²) in [7, 11) is 0. The summed E-state index contributed by atoms with van der Waals surface area (Å²) in [5.41, 5.74) is 2.24. The number of aliphatic hydroxyl groups excluding tert-OH is 1. The molecule has 0 aliphatic carbocycles. The summed E-state index contributed by atoms with van der Waals surface area (Å²) >= 11 is 5.93. The van der Waals surface area contributed by atoms with Gasteiger partial charge in [0.1, 0.15) is 11.9 Å². The zero-order valence-electron chi connectivity index (χ0n) is 17.1. The van der Waals surface area contributed by atoms with Gasteiger partial charge in [-0.3, -0.25) is 4.57 Å². The highest BCUT2D eigenvalue weighted by molar-refractivity contribution is 6.30. The van der Waals surface area contributed by atoms with Gasteiger partial charge in [0.25, 0.3) is 0 Å². The van der Waals surface area contributed by atoms with Crippen LogP contribution in [0.2, 0.25) is 5.02 Å². The first-order valence-corrected chi connectivity index (χ1v) is 10.6. The van der Waals surface area contributed by atoms with Gasteiger partial charge in [-0.1, -0.05) is 48.9 Å². The Bertz CT molecular complexity index is 880. The van der Waals surface area contributed by atoms with Crippen molar-refractivity contribution in [1.29, 1.82) is 0 Å². The minimum Gasteiger partial charge on any atom is -0.383 e. The van der Waals surface area contributed by atoms with Gasteiger partial charge >= 0.3 is 0 Å². The molecule has 154 valence electrons. The van der Waals surface area contributed by atoms with Crippen molar-refractivity contribution in [2.24, 2.45) is 0 Å². The highest BCUT2D eigenvalue weighted by Crippen LogP contribution is 2.22. The Kier molecular flexibility index (Phi) is 7.81. The lowest BCUT2D eigenvalue weighted by atomic mass is 10.1. The number of nitrogens with zero attached hydrogens (tertiary/aromatic N) is 3. The van der Waals surface area contributed by atoms with Crippen LogP contribution in [0.5, 0.6) is 0 Å². The minimum absolute atomic E-state index is 0.138. The summed E-state index contributed by atoms with van der Waals surface area (Å²) in [6, 6.07) is 17.8. The molecule has 0 saturated carbocycles. The third kappa shape index (κ3) is 5.66. The minimum atomic E-state index is -0.746. The van der Waals surface area contributed by atoms with Crippen LogP contribution >= 0.6 is 11.6 Å². The molecule has 2 N–H and O–H groups in total. The lowest BCUT2D eigenvalue weighted by Crippen LogP contribution is -2.34. The highest BCUT2D eigenvalue weighted by Gasteiger charge is 2.24. The molecule has 6 heteroatoms. The number of aryl methyl sites for hydroxylation is 2. The van der Waals surface area contributed by atoms with E-state index in [0.717, 1.165) is 48.8 Å². The molecule has 1 heterocycles. The van der Waals surface area contributed by atoms with Gasteiger partial charge in [0.05, 0.1) is 0 Å². The quantitative estimate of drug-likeness (QED) is 0.480. The maximum atomic E-state index is 11.0. The topological polar surface area (TPSA) is 63.0 Å². The summed E-state index contributed by atoms with van der Waals surface area (Å²) in [4.78, 5) is 0. The van der Waals surface area contributed by atoms with Crippen molar-refractivity contribution in [1.82, 2.24) is 20.1 Å². The third-order valence-corrected chi connectivity index (χ3v) is 5.26. The maximum absolute atomic E-state index is 11.0. The van der Waals surface area contributed by atoms with Gasteiger partial charge in [0, 0.05) is 23.2 Å². The standard InChI is InChI=1S/C23H29ClN4O/c1-3-8-21-26-27-23(28(21)20-10-5-4-6-11-20)22(29)17(2)25-16-7-9-18-12-14-19(24)15-13-18/h4-6,10-15,17,22,25,29H,3,7-9,16H2,1-2H3. The Morgan fingerprint density at radius 2 is 1.76 bits per heavy atom. The van der Waals surface area contributed by atoms with Crippen LogP contribution in [-0.4, -0.2) is 32.5 Å². The predicted octanol–water partition coefficient (Wildman–Crippen LogP) is 4.52. The maximum Gasteiger partial charge on any atom is 0.168 e. The number of halogens is 1. The summed E-state index contributed by atoms with van der Waals surface area (Å²) in [6.07, 6.45) is 2.99. The number of para-hydroxylation sites is 1. The summed E-state index contributed by atoms with van der Waals surface area (Å²) in [5.74, 6) is 1.46. The van der Waals surface area contributed by atoms with E-state index in [0.29, 0.717) is 5.82 Å². The Balaban J connectivity index is 1.63. The van der Waals surface area contributed by atoms with Crippen LogP contribution in [0.25, 0.3) is 5.69 Å². The van der Waals surface area contributed by atoms with Gasteiger partial charge in [-0.25, -0.2) is 0 Å². The van der Waals surface area contributed by atoms with Gasteiger partial charge in [-0.05, 0) is 62.6 Å². The lowest BCUT2D eigenvalue weighted by Gasteiger charge is -2.21. The second-order valence-corrected chi connectivity index (χ2v) is 7.75. The van der Waals surface area contributed by atoms with Crippen molar-refractivity contribution in [3.63, 3.8) is 0 Å². The molecule has 0 amide bonds. The summed E-state index contributed by atoms with van der Waals surface area (Å²) in [6.45, 7) is 4.91. The number of benzene rings is 2. The molecule has 3 rings (SSSR count). The zero-order valence-corrected chi connectivity index (χ0v) is 17.8. The Morgan fingerprint density at radius 1 is 1.03 bits per heavy atom. The van der Waals surface area contributed by atoms with E-state index in [1.165, 1.54) is 5.56 Å². The molecule has 0 saturated heterocycles. The summed E-state index contributed by atoms with van der Waals surface area (Å²) < 4.78 is 1.99. The molecule has 5 nitrogen and oxygen atoms in total. The molecule has 2 aromatic carbocycles. The second-order valence-electron chi connectivity index (χ2n) is 7.31. The van der Waals surface area contributed by atoms with Crippen LogP contribution in [0.3, 0.4) is 0 Å². The van der Waals surface area contributed by atoms with Gasteiger partial charge in [-0.2, -0.15) is 0 Å². The van der Waals surface area contributed by atoms with E-state index in [2.05, 4.69) is 34.6 Å². The molecule has 0 fully saturated rings. The average Bonchev–Trinajstić information content (AvgIpc) is 3.16. The highest BCUT2D eigenvalue weighted by atomic mass is 35.5. The molecule has 0 bridgehead atoms. The number of hydrogen-bond acceptors (Lipinski definition) is 4. The van der Waals surface area contributed by atoms with E-state index in [4.69, 9.17) is 11.6 Å². The van der Waals surface area contributed by atoms with Crippen LogP contribution in [0, 0.1) is 0 Å². The molecule has 29 heavy (non-hydrogen) atoms. The molecule has 3 aromatic rings. The Labute approximate surface area is 177 Å². The number of nitrogens with one attached hydrogen (secondary N) is 1. The van der Waals surface area contributed by atoms with E-state index in [9.17, 15) is 5.11 Å². The van der Waals surface area contributed by atoms with Gasteiger partial charge in [-0.15, -0.1) is 10.2 Å². The molecule has 0 radical (unpaired) electrons. The van der Waals surface area contributed by atoms with Gasteiger partial charge in [0.15, 0.2) is 5.82 Å². The van der Waals surface area contributed by atoms with Crippen molar-refractivity contribution in [3.05, 3.63) is 76.8 Å². The Hall–Kier alpha value is -2.21. The first kappa shape index (κ1) is 21.5. The van der Waals surface area contributed by atoms with Crippen LogP contribution in [0.4, 0.5) is 0 Å². The number of aliphatic hydroxyl groups is 1. The van der Waals surface area contributed by atoms with Crippen molar-refractivity contribution < 1.29 is 5.11 Å². The fourth-order valence-electron chi connectivity index (χ4n) is 3.37.